The number of para-hydroxylation sites is 1. The molecule has 1 atom stereocenters. The first kappa shape index (κ1) is 19.4. The van der Waals surface area contributed by atoms with E-state index in [2.05, 4.69) is 20.4 Å². The number of anilines is 1. The Labute approximate surface area is 164 Å². The highest BCUT2D eigenvalue weighted by Gasteiger charge is 2.36. The van der Waals surface area contributed by atoms with Crippen molar-refractivity contribution >= 4 is 33.1 Å². The topological polar surface area (TPSA) is 63.3 Å². The van der Waals surface area contributed by atoms with E-state index in [1.807, 2.05) is 0 Å². The number of thiophene rings is 1. The predicted molar refractivity (Wildman–Crippen MR) is 96.3 cm³/mol. The summed E-state index contributed by atoms with van der Waals surface area (Å²) in [6, 6.07) is 6.84. The van der Waals surface area contributed by atoms with Crippen LogP contribution in [-0.2, 0) is 6.18 Å². The van der Waals surface area contributed by atoms with E-state index in [-0.39, 0.29) is 26.6 Å². The number of hydrogen-bond donors (Lipinski definition) is 2. The number of nitrogens with zero attached hydrogens (tertiary/aromatic N) is 1. The van der Waals surface area contributed by atoms with Crippen LogP contribution >= 0.6 is 11.3 Å². The molecule has 1 aliphatic heterocycles. The minimum absolute atomic E-state index is 0.0581. The second-order valence-corrected chi connectivity index (χ2v) is 7.27. The Morgan fingerprint density at radius 2 is 1.93 bits per heavy atom. The van der Waals surface area contributed by atoms with Crippen molar-refractivity contribution in [2.75, 3.05) is 5.32 Å². The number of alkyl halides is 5. The number of halogens is 5. The molecule has 152 valence electrons. The SMILES string of the molecule is Cc1cc(C(F)(F)F)nc2sc3c(c12)N[C@@H](c1ccccc1OC(F)F)NC3=O. The molecule has 4 rings (SSSR count). The quantitative estimate of drug-likeness (QED) is 0.570. The summed E-state index contributed by atoms with van der Waals surface area (Å²) in [6.45, 7) is -1.57. The van der Waals surface area contributed by atoms with E-state index in [0.717, 1.165) is 17.4 Å². The molecule has 0 saturated carbocycles. The molecule has 2 aromatic heterocycles. The van der Waals surface area contributed by atoms with Crippen molar-refractivity contribution in [3.8, 4) is 5.75 Å². The van der Waals surface area contributed by atoms with Gasteiger partial charge in [0.05, 0.1) is 5.69 Å². The normalized spacial score (nSPS) is 16.5. The maximum Gasteiger partial charge on any atom is 0.433 e. The van der Waals surface area contributed by atoms with Crippen LogP contribution in [0.2, 0.25) is 0 Å². The fourth-order valence-electron chi connectivity index (χ4n) is 3.18. The van der Waals surface area contributed by atoms with E-state index in [1.54, 1.807) is 6.07 Å². The zero-order chi connectivity index (χ0) is 20.9. The van der Waals surface area contributed by atoms with Gasteiger partial charge in [-0.1, -0.05) is 18.2 Å². The number of pyridine rings is 1. The van der Waals surface area contributed by atoms with Crippen molar-refractivity contribution in [1.82, 2.24) is 10.3 Å². The summed E-state index contributed by atoms with van der Waals surface area (Å²) < 4.78 is 69.1. The van der Waals surface area contributed by atoms with Crippen molar-refractivity contribution in [3.63, 3.8) is 0 Å². The van der Waals surface area contributed by atoms with Gasteiger partial charge in [0.2, 0.25) is 0 Å². The summed E-state index contributed by atoms with van der Waals surface area (Å²) in [6.07, 6.45) is -5.53. The Bertz CT molecular complexity index is 1110. The van der Waals surface area contributed by atoms with Crippen LogP contribution in [0.15, 0.2) is 30.3 Å². The maximum atomic E-state index is 13.1. The second kappa shape index (κ2) is 6.83. The molecule has 11 heteroatoms. The molecule has 0 unspecified atom stereocenters. The van der Waals surface area contributed by atoms with Crippen LogP contribution in [0.5, 0.6) is 5.75 Å². The number of rotatable bonds is 3. The van der Waals surface area contributed by atoms with Gasteiger partial charge in [-0.25, -0.2) is 4.98 Å². The zero-order valence-corrected chi connectivity index (χ0v) is 15.4. The van der Waals surface area contributed by atoms with Crippen LogP contribution in [0.1, 0.15) is 32.7 Å². The van der Waals surface area contributed by atoms with E-state index in [1.165, 1.54) is 25.1 Å². The molecular formula is C18H12F5N3O2S. The van der Waals surface area contributed by atoms with Crippen molar-refractivity contribution in [2.24, 2.45) is 0 Å². The number of hydrogen-bond acceptors (Lipinski definition) is 5. The van der Waals surface area contributed by atoms with Gasteiger partial charge < -0.3 is 15.4 Å². The van der Waals surface area contributed by atoms with E-state index in [0.29, 0.717) is 11.1 Å². The van der Waals surface area contributed by atoms with E-state index < -0.39 is 30.6 Å². The zero-order valence-electron chi connectivity index (χ0n) is 14.6. The molecule has 0 bridgehead atoms. The molecule has 1 aliphatic rings. The van der Waals surface area contributed by atoms with Crippen LogP contribution in [-0.4, -0.2) is 17.5 Å². The third kappa shape index (κ3) is 3.46. The molecule has 1 aromatic carbocycles. The van der Waals surface area contributed by atoms with Crippen molar-refractivity contribution in [3.05, 3.63) is 52.0 Å². The predicted octanol–water partition coefficient (Wildman–Crippen LogP) is 5.08. The largest absolute Gasteiger partial charge is 0.434 e. The first-order valence-corrected chi connectivity index (χ1v) is 9.09. The van der Waals surface area contributed by atoms with Gasteiger partial charge in [-0.05, 0) is 24.6 Å². The number of aryl methyl sites for hydroxylation is 1. The standard InChI is InChI=1S/C18H12F5N3O2S/c1-7-6-10(18(21,22)23)24-16-11(7)12-13(29-16)15(27)26-14(25-12)8-4-2-3-5-9(8)28-17(19)20/h2-6,14,17,25H,1H3,(H,26,27)/t14-/m1/s1. The number of nitrogens with one attached hydrogen (secondary N) is 2. The second-order valence-electron chi connectivity index (χ2n) is 6.28. The molecule has 0 aliphatic carbocycles. The Balaban J connectivity index is 1.80. The number of ether oxygens (including phenoxy) is 1. The summed E-state index contributed by atoms with van der Waals surface area (Å²) in [5, 5.41) is 6.00. The summed E-state index contributed by atoms with van der Waals surface area (Å²) in [7, 11) is 0. The Morgan fingerprint density at radius 3 is 2.62 bits per heavy atom. The minimum Gasteiger partial charge on any atom is -0.434 e. The molecule has 3 heterocycles. The molecule has 5 nitrogen and oxygen atoms in total. The van der Waals surface area contributed by atoms with Gasteiger partial charge in [-0.2, -0.15) is 22.0 Å². The number of aromatic nitrogens is 1. The van der Waals surface area contributed by atoms with Gasteiger partial charge in [0.25, 0.3) is 5.91 Å². The van der Waals surface area contributed by atoms with E-state index >= 15 is 0 Å². The van der Waals surface area contributed by atoms with Gasteiger partial charge in [-0.3, -0.25) is 4.79 Å². The number of carbonyl (C=O) groups excluding carboxylic acids is 1. The first-order valence-electron chi connectivity index (χ1n) is 8.27. The van der Waals surface area contributed by atoms with Gasteiger partial charge in [0.15, 0.2) is 0 Å². The minimum atomic E-state index is -4.62. The van der Waals surface area contributed by atoms with Gasteiger partial charge in [0, 0.05) is 10.9 Å². The Morgan fingerprint density at radius 1 is 1.21 bits per heavy atom. The molecule has 0 saturated heterocycles. The molecule has 0 radical (unpaired) electrons. The maximum absolute atomic E-state index is 13.1. The summed E-state index contributed by atoms with van der Waals surface area (Å²) in [5.41, 5.74) is -0.195. The number of carbonyl (C=O) groups is 1. The van der Waals surface area contributed by atoms with Crippen LogP contribution in [0.25, 0.3) is 10.2 Å². The molecule has 3 aromatic rings. The molecular weight excluding hydrogens is 417 g/mol. The Kier molecular flexibility index (Phi) is 4.56. The first-order chi connectivity index (χ1) is 13.6. The van der Waals surface area contributed by atoms with E-state index in [9.17, 15) is 26.7 Å². The van der Waals surface area contributed by atoms with Crippen LogP contribution in [0.4, 0.5) is 27.6 Å². The van der Waals surface area contributed by atoms with Gasteiger partial charge >= 0.3 is 12.8 Å². The number of fused-ring (bicyclic) bond motifs is 3. The molecule has 2 N–H and O–H groups in total. The highest BCUT2D eigenvalue weighted by Crippen LogP contribution is 2.43. The average Bonchev–Trinajstić information content (AvgIpc) is 3.00. The lowest BCUT2D eigenvalue weighted by molar-refractivity contribution is -0.141. The third-order valence-electron chi connectivity index (χ3n) is 4.37. The van der Waals surface area contributed by atoms with Crippen LogP contribution in [0, 0.1) is 6.92 Å². The molecule has 0 fully saturated rings. The average molecular weight is 429 g/mol. The van der Waals surface area contributed by atoms with Crippen molar-refractivity contribution in [1.29, 1.82) is 0 Å². The smallest absolute Gasteiger partial charge is 0.433 e. The highest BCUT2D eigenvalue weighted by atomic mass is 32.1. The van der Waals surface area contributed by atoms with Gasteiger partial charge in [-0.15, -0.1) is 11.3 Å². The van der Waals surface area contributed by atoms with Crippen LogP contribution < -0.4 is 15.4 Å². The third-order valence-corrected chi connectivity index (χ3v) is 5.45. The summed E-state index contributed by atoms with van der Waals surface area (Å²) in [5.74, 6) is -0.677. The molecule has 1 amide bonds. The van der Waals surface area contributed by atoms with Crippen LogP contribution in [0.3, 0.4) is 0 Å². The van der Waals surface area contributed by atoms with Crippen molar-refractivity contribution < 1.29 is 31.5 Å². The Hall–Kier alpha value is -2.95. The fourth-order valence-corrected chi connectivity index (χ4v) is 4.30. The molecule has 29 heavy (non-hydrogen) atoms. The van der Waals surface area contributed by atoms with Crippen molar-refractivity contribution in [2.45, 2.75) is 25.9 Å². The highest BCUT2D eigenvalue weighted by molar-refractivity contribution is 7.21. The lowest BCUT2D eigenvalue weighted by Crippen LogP contribution is -2.37. The number of benzene rings is 1. The lowest BCUT2D eigenvalue weighted by atomic mass is 10.1. The monoisotopic (exact) mass is 429 g/mol. The summed E-state index contributed by atoms with van der Waals surface area (Å²) in [4.78, 5) is 16.5. The fraction of sp³-hybridized carbons (Fsp3) is 0.222. The summed E-state index contributed by atoms with van der Waals surface area (Å²) >= 11 is 0.827. The van der Waals surface area contributed by atoms with Gasteiger partial charge in [0.1, 0.15) is 27.3 Å². The van der Waals surface area contributed by atoms with E-state index in [4.69, 9.17) is 0 Å². The lowest BCUT2D eigenvalue weighted by Gasteiger charge is -2.27. The molecule has 0 spiro atoms. The number of amides is 1.